The summed E-state index contributed by atoms with van der Waals surface area (Å²) >= 11 is 0. The molecule has 2 rings (SSSR count). The van der Waals surface area contributed by atoms with Crippen LogP contribution in [-0.4, -0.2) is 24.1 Å². The molecule has 4 nitrogen and oxygen atoms in total. The molecule has 1 fully saturated rings. The zero-order chi connectivity index (χ0) is 13.1. The standard InChI is InChI=1S/C14H20N2O2.ClH/c1-9-5-6-12(10(2)13(9)17)16-14(18)11-4-3-7-15-8-11;/h5-6,11,15,17H,3-4,7-8H2,1-2H3,(H,16,18);1H/t11-;/m1./s1. The number of benzene rings is 1. The minimum Gasteiger partial charge on any atom is -0.507 e. The van der Waals surface area contributed by atoms with Crippen LogP contribution in [-0.2, 0) is 4.79 Å². The number of phenols is 1. The quantitative estimate of drug-likeness (QED) is 0.781. The summed E-state index contributed by atoms with van der Waals surface area (Å²) in [6, 6.07) is 3.66. The van der Waals surface area contributed by atoms with Crippen molar-refractivity contribution in [1.29, 1.82) is 0 Å². The molecule has 1 aromatic rings. The van der Waals surface area contributed by atoms with E-state index in [9.17, 15) is 9.90 Å². The highest BCUT2D eigenvalue weighted by molar-refractivity contribution is 5.93. The Morgan fingerprint density at radius 3 is 2.79 bits per heavy atom. The van der Waals surface area contributed by atoms with Crippen LogP contribution in [0.25, 0.3) is 0 Å². The molecule has 1 aliphatic heterocycles. The van der Waals surface area contributed by atoms with Gasteiger partial charge in [0.05, 0.1) is 5.92 Å². The maximum atomic E-state index is 12.1. The number of halogens is 1. The van der Waals surface area contributed by atoms with Crippen LogP contribution in [0.1, 0.15) is 24.0 Å². The normalized spacial score (nSPS) is 18.5. The van der Waals surface area contributed by atoms with E-state index in [0.29, 0.717) is 5.69 Å². The van der Waals surface area contributed by atoms with Crippen LogP contribution in [0.15, 0.2) is 12.1 Å². The van der Waals surface area contributed by atoms with Crippen molar-refractivity contribution >= 4 is 24.0 Å². The molecule has 1 amide bonds. The Morgan fingerprint density at radius 1 is 1.42 bits per heavy atom. The van der Waals surface area contributed by atoms with Gasteiger partial charge in [0.1, 0.15) is 5.75 Å². The molecule has 0 saturated carbocycles. The predicted molar refractivity (Wildman–Crippen MR) is 79.1 cm³/mol. The first-order valence-corrected chi connectivity index (χ1v) is 6.40. The fourth-order valence-corrected chi connectivity index (χ4v) is 2.28. The van der Waals surface area contributed by atoms with Crippen molar-refractivity contribution in [3.63, 3.8) is 0 Å². The topological polar surface area (TPSA) is 61.4 Å². The molecule has 0 aromatic heterocycles. The number of carbonyl (C=O) groups excluding carboxylic acids is 1. The van der Waals surface area contributed by atoms with Crippen LogP contribution in [0, 0.1) is 19.8 Å². The maximum absolute atomic E-state index is 12.1. The Bertz CT molecular complexity index is 457. The van der Waals surface area contributed by atoms with Gasteiger partial charge in [-0.1, -0.05) is 6.07 Å². The molecule has 1 heterocycles. The number of nitrogens with one attached hydrogen (secondary N) is 2. The lowest BCUT2D eigenvalue weighted by Crippen LogP contribution is -2.37. The number of hydrogen-bond donors (Lipinski definition) is 3. The Hall–Kier alpha value is -1.26. The molecule has 0 spiro atoms. The molecule has 1 saturated heterocycles. The summed E-state index contributed by atoms with van der Waals surface area (Å²) in [4.78, 5) is 12.1. The molecule has 0 bridgehead atoms. The molecule has 0 unspecified atom stereocenters. The van der Waals surface area contributed by atoms with E-state index < -0.39 is 0 Å². The van der Waals surface area contributed by atoms with Gasteiger partial charge in [-0.2, -0.15) is 0 Å². The van der Waals surface area contributed by atoms with Crippen molar-refractivity contribution in [1.82, 2.24) is 5.32 Å². The van der Waals surface area contributed by atoms with Crippen LogP contribution in [0.3, 0.4) is 0 Å². The maximum Gasteiger partial charge on any atom is 0.228 e. The van der Waals surface area contributed by atoms with E-state index >= 15 is 0 Å². The number of hydrogen-bond acceptors (Lipinski definition) is 3. The molecule has 106 valence electrons. The second kappa shape index (κ2) is 6.78. The number of piperidine rings is 1. The molecule has 1 aliphatic rings. The van der Waals surface area contributed by atoms with E-state index in [1.165, 1.54) is 0 Å². The van der Waals surface area contributed by atoms with Gasteiger partial charge in [-0.25, -0.2) is 0 Å². The molecule has 19 heavy (non-hydrogen) atoms. The molecule has 0 aliphatic carbocycles. The molecule has 3 N–H and O–H groups in total. The smallest absolute Gasteiger partial charge is 0.228 e. The third-order valence-electron chi connectivity index (χ3n) is 3.56. The van der Waals surface area contributed by atoms with Crippen molar-refractivity contribution in [3.8, 4) is 5.75 Å². The van der Waals surface area contributed by atoms with Crippen molar-refractivity contribution in [2.75, 3.05) is 18.4 Å². The Morgan fingerprint density at radius 2 is 2.16 bits per heavy atom. The Balaban J connectivity index is 0.00000180. The molecule has 1 aromatic carbocycles. The summed E-state index contributed by atoms with van der Waals surface area (Å²) in [6.45, 7) is 5.40. The number of rotatable bonds is 2. The third kappa shape index (κ3) is 3.61. The lowest BCUT2D eigenvalue weighted by molar-refractivity contribution is -0.120. The highest BCUT2D eigenvalue weighted by atomic mass is 35.5. The van der Waals surface area contributed by atoms with E-state index in [1.54, 1.807) is 0 Å². The highest BCUT2D eigenvalue weighted by Gasteiger charge is 2.21. The predicted octanol–water partition coefficient (Wildman–Crippen LogP) is 2.37. The van der Waals surface area contributed by atoms with Crippen LogP contribution >= 0.6 is 12.4 Å². The van der Waals surface area contributed by atoms with Crippen molar-refractivity contribution < 1.29 is 9.90 Å². The fraction of sp³-hybridized carbons (Fsp3) is 0.500. The first-order chi connectivity index (χ1) is 8.59. The SMILES string of the molecule is Cc1ccc(NC(=O)[C@@H]2CCCNC2)c(C)c1O.Cl. The van der Waals surface area contributed by atoms with Crippen LogP contribution in [0.5, 0.6) is 5.75 Å². The lowest BCUT2D eigenvalue weighted by atomic mass is 9.98. The molecular weight excluding hydrogens is 264 g/mol. The summed E-state index contributed by atoms with van der Waals surface area (Å²) in [6.07, 6.45) is 1.96. The van der Waals surface area contributed by atoms with E-state index in [-0.39, 0.29) is 30.0 Å². The van der Waals surface area contributed by atoms with Crippen molar-refractivity contribution in [3.05, 3.63) is 23.3 Å². The number of amides is 1. The number of carbonyl (C=O) groups is 1. The first kappa shape index (κ1) is 15.8. The van der Waals surface area contributed by atoms with Gasteiger partial charge in [0.2, 0.25) is 5.91 Å². The van der Waals surface area contributed by atoms with E-state index in [0.717, 1.165) is 37.1 Å². The average Bonchev–Trinajstić information content (AvgIpc) is 2.40. The van der Waals surface area contributed by atoms with E-state index in [1.807, 2.05) is 26.0 Å². The molecule has 0 radical (unpaired) electrons. The highest BCUT2D eigenvalue weighted by Crippen LogP contribution is 2.28. The zero-order valence-corrected chi connectivity index (χ0v) is 12.1. The second-order valence-corrected chi connectivity index (χ2v) is 4.94. The van der Waals surface area contributed by atoms with E-state index in [4.69, 9.17) is 0 Å². The van der Waals surface area contributed by atoms with Gasteiger partial charge >= 0.3 is 0 Å². The van der Waals surface area contributed by atoms with Gasteiger partial charge in [-0.3, -0.25) is 4.79 Å². The lowest BCUT2D eigenvalue weighted by Gasteiger charge is -2.22. The van der Waals surface area contributed by atoms with Gasteiger partial charge in [0.15, 0.2) is 0 Å². The first-order valence-electron chi connectivity index (χ1n) is 6.40. The number of aromatic hydroxyl groups is 1. The van der Waals surface area contributed by atoms with Crippen molar-refractivity contribution in [2.24, 2.45) is 5.92 Å². The Labute approximate surface area is 120 Å². The summed E-state index contributed by atoms with van der Waals surface area (Å²) in [5.74, 6) is 0.324. The number of aryl methyl sites for hydroxylation is 1. The van der Waals surface area contributed by atoms with Gasteiger partial charge in [-0.15, -0.1) is 12.4 Å². The minimum absolute atomic E-state index is 0. The molecular formula is C14H21ClN2O2. The summed E-state index contributed by atoms with van der Waals surface area (Å²) in [7, 11) is 0. The number of anilines is 1. The van der Waals surface area contributed by atoms with Gasteiger partial charge in [-0.05, 0) is 44.9 Å². The van der Waals surface area contributed by atoms with Gasteiger partial charge in [0.25, 0.3) is 0 Å². The minimum atomic E-state index is 0. The Kier molecular flexibility index (Phi) is 5.63. The third-order valence-corrected chi connectivity index (χ3v) is 3.56. The monoisotopic (exact) mass is 284 g/mol. The van der Waals surface area contributed by atoms with E-state index in [2.05, 4.69) is 10.6 Å². The zero-order valence-electron chi connectivity index (χ0n) is 11.3. The van der Waals surface area contributed by atoms with Crippen LogP contribution in [0.4, 0.5) is 5.69 Å². The summed E-state index contributed by atoms with van der Waals surface area (Å²) in [5, 5.41) is 16.0. The van der Waals surface area contributed by atoms with Gasteiger partial charge in [0, 0.05) is 17.8 Å². The molecule has 5 heteroatoms. The van der Waals surface area contributed by atoms with Crippen LogP contribution < -0.4 is 10.6 Å². The summed E-state index contributed by atoms with van der Waals surface area (Å²) < 4.78 is 0. The number of phenolic OH excluding ortho intramolecular Hbond substituents is 1. The van der Waals surface area contributed by atoms with Crippen molar-refractivity contribution in [2.45, 2.75) is 26.7 Å². The summed E-state index contributed by atoms with van der Waals surface area (Å²) in [5.41, 5.74) is 2.26. The molecule has 1 atom stereocenters. The second-order valence-electron chi connectivity index (χ2n) is 4.94. The fourth-order valence-electron chi connectivity index (χ4n) is 2.28. The van der Waals surface area contributed by atoms with Gasteiger partial charge < -0.3 is 15.7 Å². The van der Waals surface area contributed by atoms with Crippen LogP contribution in [0.2, 0.25) is 0 Å². The largest absolute Gasteiger partial charge is 0.507 e. The average molecular weight is 285 g/mol.